The number of anilines is 2. The second-order valence-electron chi connectivity index (χ2n) is 9.41. The zero-order chi connectivity index (χ0) is 25.6. The number of aryl methyl sites for hydroxylation is 1. The third-order valence-corrected chi connectivity index (χ3v) is 6.73. The van der Waals surface area contributed by atoms with E-state index in [0.29, 0.717) is 47.2 Å². The molecule has 3 heterocycles. The van der Waals surface area contributed by atoms with Crippen LogP contribution in [0.3, 0.4) is 0 Å². The minimum Gasteiger partial charge on any atom is -0.339 e. The molecule has 2 aliphatic heterocycles. The van der Waals surface area contributed by atoms with E-state index in [1.165, 1.54) is 4.90 Å². The van der Waals surface area contributed by atoms with E-state index >= 15 is 0 Å². The largest absolute Gasteiger partial charge is 0.339 e. The summed E-state index contributed by atoms with van der Waals surface area (Å²) < 4.78 is 5.05. The Labute approximate surface area is 208 Å². The fourth-order valence-electron chi connectivity index (χ4n) is 4.98. The Kier molecular flexibility index (Phi) is 5.99. The molecule has 2 atom stereocenters. The molecule has 0 spiro atoms. The van der Waals surface area contributed by atoms with Gasteiger partial charge in [0.05, 0.1) is 6.04 Å². The third-order valence-electron chi connectivity index (χ3n) is 6.73. The lowest BCUT2D eigenvalue weighted by molar-refractivity contribution is -0.139. The first-order valence-corrected chi connectivity index (χ1v) is 12.0. The van der Waals surface area contributed by atoms with Crippen LogP contribution in [-0.2, 0) is 19.2 Å². The first-order chi connectivity index (χ1) is 17.3. The number of hydrogen-bond donors (Lipinski definition) is 0. The molecule has 3 aromatic rings. The van der Waals surface area contributed by atoms with Crippen molar-refractivity contribution in [2.45, 2.75) is 39.7 Å². The first kappa shape index (κ1) is 23.6. The Hall–Kier alpha value is -4.14. The minimum atomic E-state index is -1.17. The van der Waals surface area contributed by atoms with Crippen molar-refractivity contribution < 1.29 is 23.7 Å². The van der Waals surface area contributed by atoms with E-state index in [1.54, 1.807) is 62.1 Å². The predicted molar refractivity (Wildman–Crippen MR) is 131 cm³/mol. The molecular weight excluding hydrogens is 460 g/mol. The maximum Gasteiger partial charge on any atom is 0.295 e. The monoisotopic (exact) mass is 486 g/mol. The van der Waals surface area contributed by atoms with Crippen LogP contribution in [0.25, 0.3) is 11.4 Å². The van der Waals surface area contributed by atoms with Gasteiger partial charge in [-0.3, -0.25) is 24.1 Å². The third kappa shape index (κ3) is 3.90. The Morgan fingerprint density at radius 3 is 2.39 bits per heavy atom. The number of ketones is 2. The Balaban J connectivity index is 1.63. The van der Waals surface area contributed by atoms with Crippen LogP contribution >= 0.6 is 0 Å². The Bertz CT molecular complexity index is 1360. The molecule has 9 nitrogen and oxygen atoms in total. The molecule has 0 aliphatic carbocycles. The average molecular weight is 487 g/mol. The molecule has 2 fully saturated rings. The minimum absolute atomic E-state index is 0.0175. The zero-order valence-corrected chi connectivity index (χ0v) is 20.3. The lowest BCUT2D eigenvalue weighted by Crippen LogP contribution is -2.34. The fourth-order valence-corrected chi connectivity index (χ4v) is 4.98. The van der Waals surface area contributed by atoms with Crippen LogP contribution in [0.4, 0.5) is 11.4 Å². The van der Waals surface area contributed by atoms with E-state index in [2.05, 4.69) is 10.1 Å². The quantitative estimate of drug-likeness (QED) is 0.386. The smallest absolute Gasteiger partial charge is 0.295 e. The van der Waals surface area contributed by atoms with Crippen molar-refractivity contribution in [1.29, 1.82) is 0 Å². The van der Waals surface area contributed by atoms with Gasteiger partial charge in [0.15, 0.2) is 0 Å². The highest BCUT2D eigenvalue weighted by Crippen LogP contribution is 2.45. The first-order valence-electron chi connectivity index (χ1n) is 12.0. The molecular formula is C27H26N4O5. The fraction of sp³-hybridized carbons (Fsp3) is 0.333. The topological polar surface area (TPSA) is 114 Å². The highest BCUT2D eigenvalue weighted by molar-refractivity contribution is 6.48. The molecule has 184 valence electrons. The summed E-state index contributed by atoms with van der Waals surface area (Å²) in [5.74, 6) is -2.58. The molecule has 2 amide bonds. The van der Waals surface area contributed by atoms with Crippen LogP contribution in [0.1, 0.15) is 44.2 Å². The summed E-state index contributed by atoms with van der Waals surface area (Å²) in [7, 11) is 0. The van der Waals surface area contributed by atoms with Crippen LogP contribution in [-0.4, -0.2) is 40.1 Å². The number of rotatable bonds is 6. The molecule has 2 saturated heterocycles. The number of benzene rings is 2. The van der Waals surface area contributed by atoms with Gasteiger partial charge >= 0.3 is 0 Å². The number of nitrogens with zero attached hydrogens (tertiary/aromatic N) is 4. The number of aromatic nitrogens is 2. The molecule has 2 unspecified atom stereocenters. The second kappa shape index (κ2) is 9.14. The Morgan fingerprint density at radius 1 is 1.06 bits per heavy atom. The predicted octanol–water partition coefficient (Wildman–Crippen LogP) is 3.67. The highest BCUT2D eigenvalue weighted by atomic mass is 16.5. The van der Waals surface area contributed by atoms with Gasteiger partial charge in [-0.2, -0.15) is 4.98 Å². The zero-order valence-electron chi connectivity index (χ0n) is 20.3. The summed E-state index contributed by atoms with van der Waals surface area (Å²) in [6.45, 7) is 5.68. The van der Waals surface area contributed by atoms with Crippen molar-refractivity contribution in [2.24, 2.45) is 11.8 Å². The summed E-state index contributed by atoms with van der Waals surface area (Å²) in [6, 6.07) is 13.2. The number of hydrogen-bond acceptors (Lipinski definition) is 7. The maximum atomic E-state index is 13.4. The van der Waals surface area contributed by atoms with Crippen molar-refractivity contribution >= 4 is 34.8 Å². The Morgan fingerprint density at radius 2 is 1.78 bits per heavy atom. The van der Waals surface area contributed by atoms with Gasteiger partial charge in [-0.05, 0) is 42.3 Å². The van der Waals surface area contributed by atoms with Crippen molar-refractivity contribution in [1.82, 2.24) is 10.1 Å². The van der Waals surface area contributed by atoms with Gasteiger partial charge < -0.3 is 9.42 Å². The van der Waals surface area contributed by atoms with Gasteiger partial charge in [0.2, 0.25) is 23.4 Å². The summed E-state index contributed by atoms with van der Waals surface area (Å²) >= 11 is 0. The SMILES string of the molecule is Cc1nc(-c2ccc(N3C(=O)C(=O)C(C(=O)C(C)C)C3c3ccccc3N3CCCC3=O)cc2)no1. The molecule has 9 heteroatoms. The maximum absolute atomic E-state index is 13.4. The summed E-state index contributed by atoms with van der Waals surface area (Å²) in [4.78, 5) is 59.9. The van der Waals surface area contributed by atoms with Gasteiger partial charge in [0.25, 0.3) is 5.91 Å². The van der Waals surface area contributed by atoms with Crippen LogP contribution in [0.2, 0.25) is 0 Å². The van der Waals surface area contributed by atoms with E-state index in [1.807, 2.05) is 12.1 Å². The van der Waals surface area contributed by atoms with E-state index in [0.717, 1.165) is 6.42 Å². The molecule has 2 aliphatic rings. The number of carbonyl (C=O) groups is 4. The molecule has 0 bridgehead atoms. The normalized spacial score (nSPS) is 20.2. The van der Waals surface area contributed by atoms with Crippen molar-refractivity contribution in [3.8, 4) is 11.4 Å². The number of para-hydroxylation sites is 1. The van der Waals surface area contributed by atoms with Gasteiger partial charge in [0, 0.05) is 42.7 Å². The average Bonchev–Trinajstić information content (AvgIpc) is 3.57. The number of amides is 2. The highest BCUT2D eigenvalue weighted by Gasteiger charge is 2.53. The summed E-state index contributed by atoms with van der Waals surface area (Å²) in [5, 5.41) is 3.92. The van der Waals surface area contributed by atoms with E-state index in [-0.39, 0.29) is 11.7 Å². The molecule has 2 aromatic carbocycles. The van der Waals surface area contributed by atoms with E-state index < -0.39 is 29.6 Å². The number of carbonyl (C=O) groups excluding carboxylic acids is 4. The molecule has 36 heavy (non-hydrogen) atoms. The standard InChI is InChI=1S/C27H26N4O5/c1-15(2)24(33)22-23(19-7-4-5-8-20(19)30-14-6-9-21(30)32)31(27(35)25(22)34)18-12-10-17(11-13-18)26-28-16(3)36-29-26/h4-5,7-8,10-13,15,22-23H,6,9,14H2,1-3H3. The second-order valence-corrected chi connectivity index (χ2v) is 9.41. The molecule has 0 N–H and O–H groups in total. The molecule has 0 saturated carbocycles. The van der Waals surface area contributed by atoms with E-state index in [4.69, 9.17) is 4.52 Å². The van der Waals surface area contributed by atoms with Crippen LogP contribution in [0.15, 0.2) is 53.1 Å². The van der Waals surface area contributed by atoms with Crippen molar-refractivity contribution in [3.63, 3.8) is 0 Å². The van der Waals surface area contributed by atoms with Crippen molar-refractivity contribution in [3.05, 3.63) is 60.0 Å². The lowest BCUT2D eigenvalue weighted by Gasteiger charge is -2.31. The molecule has 0 radical (unpaired) electrons. The van der Waals surface area contributed by atoms with Gasteiger partial charge in [-0.25, -0.2) is 0 Å². The van der Waals surface area contributed by atoms with Gasteiger partial charge in [0.1, 0.15) is 11.7 Å². The molecule has 5 rings (SSSR count). The van der Waals surface area contributed by atoms with E-state index in [9.17, 15) is 19.2 Å². The van der Waals surface area contributed by atoms with Gasteiger partial charge in [-0.15, -0.1) is 0 Å². The van der Waals surface area contributed by atoms with Crippen LogP contribution in [0.5, 0.6) is 0 Å². The summed E-state index contributed by atoms with van der Waals surface area (Å²) in [5.41, 5.74) is 2.37. The summed E-state index contributed by atoms with van der Waals surface area (Å²) in [6.07, 6.45) is 1.16. The van der Waals surface area contributed by atoms with Crippen LogP contribution in [0, 0.1) is 18.8 Å². The van der Waals surface area contributed by atoms with Crippen molar-refractivity contribution in [2.75, 3.05) is 16.3 Å². The molecule has 1 aromatic heterocycles. The number of Topliss-reactive ketones (excluding diaryl/α,β-unsaturated/α-hetero) is 2. The lowest BCUT2D eigenvalue weighted by atomic mass is 9.84. The van der Waals surface area contributed by atoms with Crippen LogP contribution < -0.4 is 9.80 Å². The van der Waals surface area contributed by atoms with Gasteiger partial charge in [-0.1, -0.05) is 37.2 Å².